The summed E-state index contributed by atoms with van der Waals surface area (Å²) in [5.74, 6) is 0.546. The van der Waals surface area contributed by atoms with Crippen LogP contribution in [0, 0.1) is 12.8 Å². The zero-order valence-corrected chi connectivity index (χ0v) is 16.4. The van der Waals surface area contributed by atoms with Gasteiger partial charge in [-0.2, -0.15) is 0 Å². The van der Waals surface area contributed by atoms with Gasteiger partial charge in [0.15, 0.2) is 5.78 Å². The summed E-state index contributed by atoms with van der Waals surface area (Å²) in [6.45, 7) is 7.10. The van der Waals surface area contributed by atoms with E-state index < -0.39 is 0 Å². The molecule has 1 aliphatic rings. The molecule has 3 rings (SSSR count). The number of amides is 1. The second kappa shape index (κ2) is 8.14. The third kappa shape index (κ3) is 4.59. The van der Waals surface area contributed by atoms with Crippen LogP contribution in [0.1, 0.15) is 51.3 Å². The number of aryl methyl sites for hydroxylation is 2. The number of thiazole rings is 1. The summed E-state index contributed by atoms with van der Waals surface area (Å²) >= 11 is 1.50. The summed E-state index contributed by atoms with van der Waals surface area (Å²) in [5.41, 5.74) is 2.47. The van der Waals surface area contributed by atoms with E-state index in [0.29, 0.717) is 18.2 Å². The highest BCUT2D eigenvalue weighted by atomic mass is 32.1. The van der Waals surface area contributed by atoms with Gasteiger partial charge in [0.25, 0.3) is 5.91 Å². The topological polar surface area (TPSA) is 67.2 Å². The molecule has 6 nitrogen and oxygen atoms in total. The normalized spacial score (nSPS) is 16.0. The predicted octanol–water partition coefficient (Wildman–Crippen LogP) is 2.63. The number of rotatable bonds is 6. The molecule has 1 fully saturated rings. The van der Waals surface area contributed by atoms with Crippen LogP contribution in [0.5, 0.6) is 0 Å². The molecule has 0 spiro atoms. The average molecular weight is 375 g/mol. The molecule has 0 radical (unpaired) electrons. The Morgan fingerprint density at radius 3 is 2.65 bits per heavy atom. The van der Waals surface area contributed by atoms with Crippen LogP contribution >= 0.6 is 11.3 Å². The maximum atomic E-state index is 12.1. The zero-order valence-electron chi connectivity index (χ0n) is 15.6. The summed E-state index contributed by atoms with van der Waals surface area (Å²) in [4.78, 5) is 30.3. The fourth-order valence-electron chi connectivity index (χ4n) is 3.33. The van der Waals surface area contributed by atoms with Crippen molar-refractivity contribution in [2.45, 2.75) is 33.2 Å². The van der Waals surface area contributed by atoms with Gasteiger partial charge in [0.05, 0.1) is 5.01 Å². The standard InChI is InChI=1S/C19H26N4O2S/c1-13(24)16-8-17(22(3)10-16)11-23-6-4-15(5-7-23)9-20-19(25)18-12-26-14(2)21-18/h8,10,12,15H,4-7,9,11H2,1-3H3,(H,20,25). The number of likely N-dealkylation sites (tertiary alicyclic amines) is 1. The number of carbonyl (C=O) groups excluding carboxylic acids is 2. The third-order valence-corrected chi connectivity index (χ3v) is 5.78. The van der Waals surface area contributed by atoms with E-state index in [4.69, 9.17) is 0 Å². The third-order valence-electron chi connectivity index (χ3n) is 5.01. The van der Waals surface area contributed by atoms with Gasteiger partial charge < -0.3 is 9.88 Å². The number of ketones is 1. The van der Waals surface area contributed by atoms with Gasteiger partial charge >= 0.3 is 0 Å². The van der Waals surface area contributed by atoms with Crippen molar-refractivity contribution < 1.29 is 9.59 Å². The largest absolute Gasteiger partial charge is 0.353 e. The fraction of sp³-hybridized carbons (Fsp3) is 0.526. The Kier molecular flexibility index (Phi) is 5.88. The van der Waals surface area contributed by atoms with Crippen molar-refractivity contribution in [2.24, 2.45) is 13.0 Å². The lowest BCUT2D eigenvalue weighted by Crippen LogP contribution is -2.38. The summed E-state index contributed by atoms with van der Waals surface area (Å²) in [5, 5.41) is 5.74. The predicted molar refractivity (Wildman–Crippen MR) is 103 cm³/mol. The molecule has 1 N–H and O–H groups in total. The van der Waals surface area contributed by atoms with Crippen molar-refractivity contribution in [1.29, 1.82) is 0 Å². The van der Waals surface area contributed by atoms with Gasteiger partial charge in [-0.3, -0.25) is 14.5 Å². The first kappa shape index (κ1) is 18.8. The fourth-order valence-corrected chi connectivity index (χ4v) is 3.93. The minimum atomic E-state index is -0.0719. The van der Waals surface area contributed by atoms with Gasteiger partial charge in [0.2, 0.25) is 0 Å². The number of nitrogens with one attached hydrogen (secondary N) is 1. The van der Waals surface area contributed by atoms with Crippen LogP contribution in [-0.4, -0.2) is 45.8 Å². The number of carbonyl (C=O) groups is 2. The molecule has 26 heavy (non-hydrogen) atoms. The van der Waals surface area contributed by atoms with E-state index in [2.05, 4.69) is 15.2 Å². The zero-order chi connectivity index (χ0) is 18.7. The van der Waals surface area contributed by atoms with Crippen LogP contribution in [0.25, 0.3) is 0 Å². The summed E-state index contributed by atoms with van der Waals surface area (Å²) < 4.78 is 2.04. The van der Waals surface area contributed by atoms with Crippen LogP contribution < -0.4 is 5.32 Å². The Bertz CT molecular complexity index is 787. The summed E-state index contributed by atoms with van der Waals surface area (Å²) in [6, 6.07) is 1.99. The molecule has 140 valence electrons. The molecule has 0 saturated carbocycles. The average Bonchev–Trinajstić information content (AvgIpc) is 3.20. The number of hydrogen-bond acceptors (Lipinski definition) is 5. The van der Waals surface area contributed by atoms with Crippen molar-refractivity contribution in [2.75, 3.05) is 19.6 Å². The summed E-state index contributed by atoms with van der Waals surface area (Å²) in [6.07, 6.45) is 4.04. The molecular weight excluding hydrogens is 348 g/mol. The van der Waals surface area contributed by atoms with Crippen LogP contribution in [0.3, 0.4) is 0 Å². The van der Waals surface area contributed by atoms with Gasteiger partial charge in [0, 0.05) is 43.0 Å². The Morgan fingerprint density at radius 1 is 1.35 bits per heavy atom. The van der Waals surface area contributed by atoms with E-state index in [9.17, 15) is 9.59 Å². The minimum absolute atomic E-state index is 0.0719. The van der Waals surface area contributed by atoms with Crippen LogP contribution in [0.2, 0.25) is 0 Å². The van der Waals surface area contributed by atoms with E-state index in [1.807, 2.05) is 36.2 Å². The molecule has 0 bridgehead atoms. The Labute approximate surface area is 158 Å². The van der Waals surface area contributed by atoms with Crippen molar-refractivity contribution in [3.8, 4) is 0 Å². The molecule has 7 heteroatoms. The Balaban J connectivity index is 1.44. The molecule has 0 aliphatic carbocycles. The van der Waals surface area contributed by atoms with E-state index in [1.54, 1.807) is 6.92 Å². The molecule has 2 aromatic rings. The Morgan fingerprint density at radius 2 is 2.08 bits per heavy atom. The van der Waals surface area contributed by atoms with Gasteiger partial charge in [-0.1, -0.05) is 0 Å². The Hall–Kier alpha value is -1.99. The van der Waals surface area contributed by atoms with E-state index in [1.165, 1.54) is 17.0 Å². The first-order chi connectivity index (χ1) is 12.4. The highest BCUT2D eigenvalue weighted by Gasteiger charge is 2.21. The van der Waals surface area contributed by atoms with E-state index in [-0.39, 0.29) is 11.7 Å². The molecule has 3 heterocycles. The molecule has 1 saturated heterocycles. The van der Waals surface area contributed by atoms with Gasteiger partial charge in [-0.25, -0.2) is 4.98 Å². The molecule has 2 aromatic heterocycles. The summed E-state index contributed by atoms with van der Waals surface area (Å²) in [7, 11) is 1.99. The quantitative estimate of drug-likeness (QED) is 0.790. The van der Waals surface area contributed by atoms with E-state index in [0.717, 1.165) is 43.0 Å². The van der Waals surface area contributed by atoms with Crippen LogP contribution in [-0.2, 0) is 13.6 Å². The number of piperidine rings is 1. The molecule has 1 aliphatic heterocycles. The molecule has 0 atom stereocenters. The lowest BCUT2D eigenvalue weighted by Gasteiger charge is -2.32. The van der Waals surface area contributed by atoms with Gasteiger partial charge in [-0.15, -0.1) is 11.3 Å². The molecule has 0 aromatic carbocycles. The first-order valence-electron chi connectivity index (χ1n) is 9.01. The molecular formula is C19H26N4O2S. The van der Waals surface area contributed by atoms with Crippen LogP contribution in [0.4, 0.5) is 0 Å². The lowest BCUT2D eigenvalue weighted by atomic mass is 9.96. The monoisotopic (exact) mass is 374 g/mol. The molecule has 0 unspecified atom stereocenters. The number of hydrogen-bond donors (Lipinski definition) is 1. The SMILES string of the molecule is CC(=O)c1cc(CN2CCC(CNC(=O)c3csc(C)n3)CC2)n(C)c1. The highest BCUT2D eigenvalue weighted by molar-refractivity contribution is 7.09. The molecule has 1 amide bonds. The maximum Gasteiger partial charge on any atom is 0.270 e. The van der Waals surface area contributed by atoms with Crippen molar-refractivity contribution in [3.05, 3.63) is 39.6 Å². The lowest BCUT2D eigenvalue weighted by molar-refractivity contribution is 0.0929. The van der Waals surface area contributed by atoms with Crippen molar-refractivity contribution in [1.82, 2.24) is 19.8 Å². The first-order valence-corrected chi connectivity index (χ1v) is 9.89. The number of nitrogens with zero attached hydrogens (tertiary/aromatic N) is 3. The van der Waals surface area contributed by atoms with Crippen molar-refractivity contribution >= 4 is 23.0 Å². The second-order valence-corrected chi connectivity index (χ2v) is 8.13. The smallest absolute Gasteiger partial charge is 0.270 e. The minimum Gasteiger partial charge on any atom is -0.353 e. The van der Waals surface area contributed by atoms with Crippen molar-refractivity contribution in [3.63, 3.8) is 0 Å². The van der Waals surface area contributed by atoms with Gasteiger partial charge in [-0.05, 0) is 51.8 Å². The second-order valence-electron chi connectivity index (χ2n) is 7.07. The maximum absolute atomic E-state index is 12.1. The van der Waals surface area contributed by atoms with E-state index >= 15 is 0 Å². The number of aromatic nitrogens is 2. The number of Topliss-reactive ketones (excluding diaryl/α,β-unsaturated/α-hetero) is 1. The highest BCUT2D eigenvalue weighted by Crippen LogP contribution is 2.19. The van der Waals surface area contributed by atoms with Gasteiger partial charge in [0.1, 0.15) is 5.69 Å². The van der Waals surface area contributed by atoms with Crippen LogP contribution in [0.15, 0.2) is 17.6 Å².